The number of allylic oxidation sites excluding steroid dienone is 1. The number of rotatable bonds is 6. The molecule has 1 atom stereocenters. The molecule has 9 heteroatoms. The van der Waals surface area contributed by atoms with Crippen LogP contribution >= 0.6 is 0 Å². The largest absolute Gasteiger partial charge is 0.497 e. The number of ketones is 1. The van der Waals surface area contributed by atoms with Crippen LogP contribution in [0.1, 0.15) is 18.9 Å². The number of nitro groups is 1. The van der Waals surface area contributed by atoms with Crippen molar-refractivity contribution in [3.8, 4) is 5.75 Å². The van der Waals surface area contributed by atoms with Crippen LogP contribution in [-0.4, -0.2) is 36.6 Å². The molecular formula is C20H20N2O6S. The molecule has 0 saturated carbocycles. The van der Waals surface area contributed by atoms with Crippen LogP contribution in [0.5, 0.6) is 5.75 Å². The monoisotopic (exact) mass is 416 g/mol. The van der Waals surface area contributed by atoms with Gasteiger partial charge in [0.05, 0.1) is 16.9 Å². The van der Waals surface area contributed by atoms with Gasteiger partial charge in [0.1, 0.15) is 11.8 Å². The molecule has 152 valence electrons. The number of sulfonamides is 1. The maximum atomic E-state index is 13.2. The summed E-state index contributed by atoms with van der Waals surface area (Å²) in [5.74, 6) is 0.459. The molecular weight excluding hydrogens is 396 g/mol. The van der Waals surface area contributed by atoms with Gasteiger partial charge in [0.25, 0.3) is 15.7 Å². The van der Waals surface area contributed by atoms with E-state index >= 15 is 0 Å². The Bertz CT molecular complexity index is 1060. The van der Waals surface area contributed by atoms with Crippen molar-refractivity contribution in [3.05, 3.63) is 76.0 Å². The quantitative estimate of drug-likeness (QED) is 0.529. The topological polar surface area (TPSA) is 107 Å². The lowest BCUT2D eigenvalue weighted by Crippen LogP contribution is -2.45. The molecule has 1 heterocycles. The first-order valence-corrected chi connectivity index (χ1v) is 10.3. The first-order chi connectivity index (χ1) is 13.7. The lowest BCUT2D eigenvalue weighted by Gasteiger charge is -2.33. The molecule has 1 aliphatic heterocycles. The molecule has 1 aliphatic rings. The number of non-ortho nitro benzene ring substituents is 1. The predicted molar refractivity (Wildman–Crippen MR) is 106 cm³/mol. The van der Waals surface area contributed by atoms with E-state index in [0.29, 0.717) is 11.3 Å². The van der Waals surface area contributed by atoms with E-state index < -0.39 is 21.0 Å². The number of nitro benzene ring substituents is 1. The van der Waals surface area contributed by atoms with Crippen LogP contribution in [0.25, 0.3) is 0 Å². The van der Waals surface area contributed by atoms with E-state index in [-0.39, 0.29) is 29.2 Å². The van der Waals surface area contributed by atoms with Gasteiger partial charge in [-0.2, -0.15) is 0 Å². The summed E-state index contributed by atoms with van der Waals surface area (Å²) in [6.07, 6.45) is 1.85. The molecule has 0 spiro atoms. The van der Waals surface area contributed by atoms with E-state index in [2.05, 4.69) is 0 Å². The van der Waals surface area contributed by atoms with Crippen molar-refractivity contribution in [1.82, 2.24) is 4.31 Å². The second-order valence-corrected chi connectivity index (χ2v) is 8.62. The van der Waals surface area contributed by atoms with Crippen LogP contribution in [0, 0.1) is 10.1 Å². The van der Waals surface area contributed by atoms with E-state index in [1.807, 2.05) is 0 Å². The standard InChI is InChI=1S/C20H20N2O6S/c1-14-11-20(23)19(12-15-3-7-17(28-2)8-4-15)21(13-14)29(26,27)18-9-5-16(6-10-18)22(24)25/h3-10,13,19H,11-12H2,1-2H3/t19-/m0/s1. The Balaban J connectivity index is 1.96. The second-order valence-electron chi connectivity index (χ2n) is 6.77. The summed E-state index contributed by atoms with van der Waals surface area (Å²) in [6.45, 7) is 1.69. The highest BCUT2D eigenvalue weighted by Gasteiger charge is 2.36. The number of carbonyl (C=O) groups excluding carboxylic acids is 1. The molecule has 2 aromatic rings. The summed E-state index contributed by atoms with van der Waals surface area (Å²) in [6, 6.07) is 10.8. The average Bonchev–Trinajstić information content (AvgIpc) is 2.70. The third kappa shape index (κ3) is 4.29. The second kappa shape index (κ2) is 8.04. The van der Waals surface area contributed by atoms with Gasteiger partial charge in [0.15, 0.2) is 5.78 Å². The van der Waals surface area contributed by atoms with Gasteiger partial charge < -0.3 is 4.74 Å². The minimum absolute atomic E-state index is 0.110. The smallest absolute Gasteiger partial charge is 0.269 e. The van der Waals surface area contributed by atoms with Crippen LogP contribution in [0.2, 0.25) is 0 Å². The van der Waals surface area contributed by atoms with Crippen LogP contribution in [0.3, 0.4) is 0 Å². The van der Waals surface area contributed by atoms with Gasteiger partial charge in [0.2, 0.25) is 0 Å². The van der Waals surface area contributed by atoms with Gasteiger partial charge in [0, 0.05) is 31.2 Å². The Hall–Kier alpha value is -3.20. The maximum absolute atomic E-state index is 13.2. The third-order valence-electron chi connectivity index (χ3n) is 4.69. The summed E-state index contributed by atoms with van der Waals surface area (Å²) in [7, 11) is -2.52. The molecule has 0 amide bonds. The van der Waals surface area contributed by atoms with E-state index in [9.17, 15) is 23.3 Å². The summed E-state index contributed by atoms with van der Waals surface area (Å²) in [5.41, 5.74) is 1.22. The van der Waals surface area contributed by atoms with E-state index in [1.165, 1.54) is 18.3 Å². The highest BCUT2D eigenvalue weighted by Crippen LogP contribution is 2.29. The summed E-state index contributed by atoms with van der Waals surface area (Å²) >= 11 is 0. The lowest BCUT2D eigenvalue weighted by atomic mass is 9.96. The molecule has 0 aromatic heterocycles. The molecule has 0 N–H and O–H groups in total. The molecule has 0 radical (unpaired) electrons. The summed E-state index contributed by atoms with van der Waals surface area (Å²) in [4.78, 5) is 22.8. The first-order valence-electron chi connectivity index (χ1n) is 8.83. The van der Waals surface area contributed by atoms with E-state index in [4.69, 9.17) is 4.74 Å². The van der Waals surface area contributed by atoms with E-state index in [0.717, 1.165) is 22.0 Å². The molecule has 0 unspecified atom stereocenters. The van der Waals surface area contributed by atoms with Crippen LogP contribution in [0.4, 0.5) is 5.69 Å². The number of benzene rings is 2. The number of carbonyl (C=O) groups is 1. The molecule has 2 aromatic carbocycles. The zero-order valence-electron chi connectivity index (χ0n) is 15.9. The highest BCUT2D eigenvalue weighted by atomic mass is 32.2. The lowest BCUT2D eigenvalue weighted by molar-refractivity contribution is -0.384. The summed E-state index contributed by atoms with van der Waals surface area (Å²) in [5, 5.41) is 10.8. The van der Waals surface area contributed by atoms with Crippen molar-refractivity contribution in [1.29, 1.82) is 0 Å². The Morgan fingerprint density at radius 2 is 1.76 bits per heavy atom. The van der Waals surface area contributed by atoms with Gasteiger partial charge in [-0.1, -0.05) is 12.1 Å². The van der Waals surface area contributed by atoms with Crippen molar-refractivity contribution < 1.29 is 22.9 Å². The Kier molecular flexibility index (Phi) is 5.69. The third-order valence-corrected chi connectivity index (χ3v) is 6.47. The van der Waals surface area contributed by atoms with Crippen LogP contribution in [-0.2, 0) is 21.2 Å². The van der Waals surface area contributed by atoms with Gasteiger partial charge >= 0.3 is 0 Å². The number of nitrogens with zero attached hydrogens (tertiary/aromatic N) is 2. The van der Waals surface area contributed by atoms with Crippen molar-refractivity contribution in [2.75, 3.05) is 7.11 Å². The fourth-order valence-electron chi connectivity index (χ4n) is 3.17. The minimum atomic E-state index is -4.06. The fraction of sp³-hybridized carbons (Fsp3) is 0.250. The minimum Gasteiger partial charge on any atom is -0.497 e. The molecule has 0 bridgehead atoms. The molecule has 29 heavy (non-hydrogen) atoms. The van der Waals surface area contributed by atoms with E-state index in [1.54, 1.807) is 38.3 Å². The number of hydrogen-bond donors (Lipinski definition) is 0. The first kappa shape index (κ1) is 20.5. The Labute approximate surface area is 168 Å². The molecule has 0 aliphatic carbocycles. The van der Waals surface area contributed by atoms with Crippen molar-refractivity contribution in [2.24, 2.45) is 0 Å². The number of hydrogen-bond acceptors (Lipinski definition) is 6. The average molecular weight is 416 g/mol. The zero-order valence-corrected chi connectivity index (χ0v) is 16.8. The number of methoxy groups -OCH3 is 1. The molecule has 3 rings (SSSR count). The van der Waals surface area contributed by atoms with Gasteiger partial charge in [-0.3, -0.25) is 19.2 Å². The van der Waals surface area contributed by atoms with Crippen molar-refractivity contribution in [3.63, 3.8) is 0 Å². The number of Topliss-reactive ketones (excluding diaryl/α,β-unsaturated/α-hetero) is 1. The number of ether oxygens (including phenoxy) is 1. The maximum Gasteiger partial charge on any atom is 0.269 e. The zero-order chi connectivity index (χ0) is 21.2. The molecule has 0 fully saturated rings. The predicted octanol–water partition coefficient (Wildman–Crippen LogP) is 3.08. The molecule has 0 saturated heterocycles. The Morgan fingerprint density at radius 1 is 1.14 bits per heavy atom. The molecule has 8 nitrogen and oxygen atoms in total. The SMILES string of the molecule is COc1ccc(C[C@H]2C(=O)CC(C)=CN2S(=O)(=O)c2ccc([N+](=O)[O-])cc2)cc1. The van der Waals surface area contributed by atoms with Crippen molar-refractivity contribution >= 4 is 21.5 Å². The highest BCUT2D eigenvalue weighted by molar-refractivity contribution is 7.89. The van der Waals surface area contributed by atoms with Crippen LogP contribution in [0.15, 0.2) is 65.2 Å². The summed E-state index contributed by atoms with van der Waals surface area (Å²) < 4.78 is 32.6. The van der Waals surface area contributed by atoms with Gasteiger partial charge in [-0.15, -0.1) is 0 Å². The van der Waals surface area contributed by atoms with Crippen LogP contribution < -0.4 is 4.74 Å². The van der Waals surface area contributed by atoms with Crippen molar-refractivity contribution in [2.45, 2.75) is 30.7 Å². The van der Waals surface area contributed by atoms with Gasteiger partial charge in [-0.25, -0.2) is 8.42 Å². The normalized spacial score (nSPS) is 17.0. The fourth-order valence-corrected chi connectivity index (χ4v) is 4.74. The Morgan fingerprint density at radius 3 is 2.31 bits per heavy atom. The van der Waals surface area contributed by atoms with Gasteiger partial charge in [-0.05, 0) is 42.3 Å².